The lowest BCUT2D eigenvalue weighted by Crippen LogP contribution is -2.57. The van der Waals surface area contributed by atoms with Crippen LogP contribution in [0.2, 0.25) is 0 Å². The van der Waals surface area contributed by atoms with Gasteiger partial charge in [-0.25, -0.2) is 9.97 Å². The van der Waals surface area contributed by atoms with Gasteiger partial charge in [-0.15, -0.1) is 0 Å². The summed E-state index contributed by atoms with van der Waals surface area (Å²) in [6.07, 6.45) is 1.28. The monoisotopic (exact) mass is 294 g/mol. The van der Waals surface area contributed by atoms with Crippen LogP contribution in [-0.4, -0.2) is 42.9 Å². The van der Waals surface area contributed by atoms with Gasteiger partial charge in [0.1, 0.15) is 18.2 Å². The second-order valence-corrected chi connectivity index (χ2v) is 6.00. The molecule has 0 saturated heterocycles. The standard InChI is InChI=1S/C15H26N4O2/c1-6-16-12-8-13(19-14(18-12)9-20-4)17-10-7-11(21-5)15(10,2)3/h8,10-11H,6-7,9H2,1-5H3,(H2,16,17,18,19). The number of hydrogen-bond acceptors (Lipinski definition) is 6. The highest BCUT2D eigenvalue weighted by atomic mass is 16.5. The van der Waals surface area contributed by atoms with Crippen molar-refractivity contribution in [2.24, 2.45) is 5.41 Å². The molecule has 21 heavy (non-hydrogen) atoms. The van der Waals surface area contributed by atoms with Gasteiger partial charge >= 0.3 is 0 Å². The Morgan fingerprint density at radius 1 is 1.29 bits per heavy atom. The van der Waals surface area contributed by atoms with E-state index in [1.54, 1.807) is 14.2 Å². The molecule has 1 aromatic heterocycles. The lowest BCUT2D eigenvalue weighted by molar-refractivity contribution is -0.0795. The molecule has 1 aromatic rings. The average molecular weight is 294 g/mol. The molecule has 118 valence electrons. The van der Waals surface area contributed by atoms with Crippen molar-refractivity contribution in [2.75, 3.05) is 31.4 Å². The van der Waals surface area contributed by atoms with Gasteiger partial charge in [-0.3, -0.25) is 0 Å². The molecule has 2 atom stereocenters. The summed E-state index contributed by atoms with van der Waals surface area (Å²) >= 11 is 0. The van der Waals surface area contributed by atoms with E-state index in [0.717, 1.165) is 24.6 Å². The Bertz CT molecular complexity index is 454. The molecule has 1 saturated carbocycles. The van der Waals surface area contributed by atoms with E-state index in [4.69, 9.17) is 9.47 Å². The number of nitrogens with one attached hydrogen (secondary N) is 2. The quantitative estimate of drug-likeness (QED) is 0.804. The molecular weight excluding hydrogens is 268 g/mol. The number of methoxy groups -OCH3 is 2. The molecule has 0 amide bonds. The summed E-state index contributed by atoms with van der Waals surface area (Å²) in [5.74, 6) is 2.34. The molecule has 0 aliphatic heterocycles. The Labute approximate surface area is 126 Å². The normalized spacial score (nSPS) is 23.5. The van der Waals surface area contributed by atoms with Crippen molar-refractivity contribution in [2.45, 2.75) is 45.9 Å². The number of anilines is 2. The molecular formula is C15H26N4O2. The third-order valence-corrected chi connectivity index (χ3v) is 4.19. The predicted molar refractivity (Wildman–Crippen MR) is 83.5 cm³/mol. The van der Waals surface area contributed by atoms with E-state index < -0.39 is 0 Å². The molecule has 6 nitrogen and oxygen atoms in total. The van der Waals surface area contributed by atoms with Crippen LogP contribution in [0.25, 0.3) is 0 Å². The Morgan fingerprint density at radius 3 is 2.57 bits per heavy atom. The Hall–Kier alpha value is -1.40. The number of nitrogens with zero attached hydrogens (tertiary/aromatic N) is 2. The smallest absolute Gasteiger partial charge is 0.158 e. The van der Waals surface area contributed by atoms with Crippen molar-refractivity contribution in [3.63, 3.8) is 0 Å². The summed E-state index contributed by atoms with van der Waals surface area (Å²) in [6.45, 7) is 7.70. The van der Waals surface area contributed by atoms with Crippen LogP contribution in [0.4, 0.5) is 11.6 Å². The van der Waals surface area contributed by atoms with Crippen LogP contribution < -0.4 is 10.6 Å². The molecule has 1 fully saturated rings. The zero-order valence-electron chi connectivity index (χ0n) is 13.6. The van der Waals surface area contributed by atoms with Gasteiger partial charge in [-0.1, -0.05) is 13.8 Å². The molecule has 0 radical (unpaired) electrons. The highest BCUT2D eigenvalue weighted by Crippen LogP contribution is 2.43. The fourth-order valence-electron chi connectivity index (χ4n) is 2.75. The molecule has 0 aromatic carbocycles. The molecule has 0 spiro atoms. The van der Waals surface area contributed by atoms with Crippen LogP contribution in [0, 0.1) is 5.41 Å². The summed E-state index contributed by atoms with van der Waals surface area (Å²) in [5, 5.41) is 6.73. The molecule has 2 unspecified atom stereocenters. The highest BCUT2D eigenvalue weighted by molar-refractivity contribution is 5.48. The van der Waals surface area contributed by atoms with Gasteiger partial charge in [0.2, 0.25) is 0 Å². The largest absolute Gasteiger partial charge is 0.381 e. The molecule has 6 heteroatoms. The lowest BCUT2D eigenvalue weighted by atomic mass is 9.64. The zero-order chi connectivity index (χ0) is 15.5. The first-order valence-corrected chi connectivity index (χ1v) is 7.41. The van der Waals surface area contributed by atoms with Gasteiger partial charge in [0.15, 0.2) is 5.82 Å². The first-order valence-electron chi connectivity index (χ1n) is 7.41. The van der Waals surface area contributed by atoms with Gasteiger partial charge in [0, 0.05) is 38.3 Å². The number of hydrogen-bond donors (Lipinski definition) is 2. The molecule has 1 aliphatic rings. The van der Waals surface area contributed by atoms with Crippen molar-refractivity contribution in [3.8, 4) is 0 Å². The second-order valence-electron chi connectivity index (χ2n) is 6.00. The number of rotatable bonds is 7. The highest BCUT2D eigenvalue weighted by Gasteiger charge is 2.48. The second kappa shape index (κ2) is 6.58. The lowest BCUT2D eigenvalue weighted by Gasteiger charge is -2.51. The molecule has 2 N–H and O–H groups in total. The third-order valence-electron chi connectivity index (χ3n) is 4.19. The predicted octanol–water partition coefficient (Wildman–Crippen LogP) is 2.28. The summed E-state index contributed by atoms with van der Waals surface area (Å²) in [5.41, 5.74) is 0.0967. The van der Waals surface area contributed by atoms with Crippen molar-refractivity contribution >= 4 is 11.6 Å². The van der Waals surface area contributed by atoms with E-state index >= 15 is 0 Å². The fraction of sp³-hybridized carbons (Fsp3) is 0.733. The van der Waals surface area contributed by atoms with E-state index in [2.05, 4.69) is 34.4 Å². The minimum absolute atomic E-state index is 0.0967. The van der Waals surface area contributed by atoms with Gasteiger partial charge < -0.3 is 20.1 Å². The number of aromatic nitrogens is 2. The summed E-state index contributed by atoms with van der Waals surface area (Å²) in [7, 11) is 3.42. The van der Waals surface area contributed by atoms with Gasteiger partial charge in [0.05, 0.1) is 6.10 Å². The topological polar surface area (TPSA) is 68.3 Å². The minimum Gasteiger partial charge on any atom is -0.381 e. The molecule has 0 bridgehead atoms. The maximum atomic E-state index is 5.49. The van der Waals surface area contributed by atoms with Crippen LogP contribution in [0.1, 0.15) is 33.0 Å². The Balaban J connectivity index is 2.12. The van der Waals surface area contributed by atoms with Gasteiger partial charge in [-0.2, -0.15) is 0 Å². The number of ether oxygens (including phenoxy) is 2. The Morgan fingerprint density at radius 2 is 2.00 bits per heavy atom. The van der Waals surface area contributed by atoms with Crippen LogP contribution in [0.5, 0.6) is 0 Å². The maximum absolute atomic E-state index is 5.49. The van der Waals surface area contributed by atoms with Crippen LogP contribution >= 0.6 is 0 Å². The van der Waals surface area contributed by atoms with E-state index in [-0.39, 0.29) is 5.41 Å². The van der Waals surface area contributed by atoms with E-state index in [1.165, 1.54) is 0 Å². The Kier molecular flexibility index (Phi) is 5.00. The van der Waals surface area contributed by atoms with Crippen molar-refractivity contribution in [1.29, 1.82) is 0 Å². The molecule has 1 heterocycles. The van der Waals surface area contributed by atoms with Crippen LogP contribution in [-0.2, 0) is 16.1 Å². The van der Waals surface area contributed by atoms with Crippen molar-refractivity contribution in [3.05, 3.63) is 11.9 Å². The van der Waals surface area contributed by atoms with E-state index in [1.807, 2.05) is 13.0 Å². The fourth-order valence-corrected chi connectivity index (χ4v) is 2.75. The third kappa shape index (κ3) is 3.44. The van der Waals surface area contributed by atoms with Crippen molar-refractivity contribution < 1.29 is 9.47 Å². The SMILES string of the molecule is CCNc1cc(NC2CC(OC)C2(C)C)nc(COC)n1. The first kappa shape index (κ1) is 16.0. The van der Waals surface area contributed by atoms with Crippen LogP contribution in [0.3, 0.4) is 0 Å². The first-order chi connectivity index (χ1) is 10.0. The minimum atomic E-state index is 0.0967. The van der Waals surface area contributed by atoms with Gasteiger partial charge in [0.25, 0.3) is 0 Å². The van der Waals surface area contributed by atoms with Gasteiger partial charge in [-0.05, 0) is 13.3 Å². The summed E-state index contributed by atoms with van der Waals surface area (Å²) < 4.78 is 10.6. The molecule has 1 aliphatic carbocycles. The van der Waals surface area contributed by atoms with Crippen LogP contribution in [0.15, 0.2) is 6.07 Å². The molecule has 2 rings (SSSR count). The zero-order valence-corrected chi connectivity index (χ0v) is 13.6. The maximum Gasteiger partial charge on any atom is 0.158 e. The van der Waals surface area contributed by atoms with E-state index in [0.29, 0.717) is 24.6 Å². The average Bonchev–Trinajstić information content (AvgIpc) is 2.43. The van der Waals surface area contributed by atoms with Crippen molar-refractivity contribution in [1.82, 2.24) is 9.97 Å². The van der Waals surface area contributed by atoms with E-state index in [9.17, 15) is 0 Å². The summed E-state index contributed by atoms with van der Waals surface area (Å²) in [4.78, 5) is 8.94. The summed E-state index contributed by atoms with van der Waals surface area (Å²) in [6, 6.07) is 2.29.